The summed E-state index contributed by atoms with van der Waals surface area (Å²) >= 11 is 0. The molecule has 0 aliphatic carbocycles. The number of hydrogen-bond acceptors (Lipinski definition) is 4. The molecule has 0 saturated carbocycles. The van der Waals surface area contributed by atoms with Crippen LogP contribution in [0, 0.1) is 6.92 Å². The Hall–Kier alpha value is -2.63. The Balaban J connectivity index is 2.38. The molecule has 2 amide bonds. The molecule has 3 N–H and O–H groups in total. The molecule has 6 heteroatoms. The van der Waals surface area contributed by atoms with Gasteiger partial charge in [-0.3, -0.25) is 14.6 Å². The summed E-state index contributed by atoms with van der Waals surface area (Å²) in [5, 5.41) is 3.36. The number of nitrogens with one attached hydrogen (secondary N) is 1. The molecule has 0 saturated heterocycles. The first kappa shape index (κ1) is 14.8. The molecular weight excluding hydrogens is 270 g/mol. The number of amides is 2. The van der Waals surface area contributed by atoms with Gasteiger partial charge in [0, 0.05) is 11.5 Å². The molecule has 2 rings (SSSR count). The molecule has 2 aromatic rings. The number of hydrogen-bond donors (Lipinski definition) is 2. The van der Waals surface area contributed by atoms with Gasteiger partial charge in [0.2, 0.25) is 5.91 Å². The van der Waals surface area contributed by atoms with Crippen molar-refractivity contribution in [3.63, 3.8) is 0 Å². The minimum Gasteiger partial charge on any atom is -0.497 e. The minimum atomic E-state index is -0.733. The molecule has 1 aromatic heterocycles. The maximum absolute atomic E-state index is 12.2. The van der Waals surface area contributed by atoms with Crippen molar-refractivity contribution < 1.29 is 14.3 Å². The summed E-state index contributed by atoms with van der Waals surface area (Å²) in [4.78, 5) is 27.6. The van der Waals surface area contributed by atoms with E-state index in [2.05, 4.69) is 10.3 Å². The van der Waals surface area contributed by atoms with Gasteiger partial charge >= 0.3 is 0 Å². The van der Waals surface area contributed by atoms with Crippen LogP contribution in [0.5, 0.6) is 5.75 Å². The Morgan fingerprint density at radius 2 is 2.05 bits per heavy atom. The number of pyridine rings is 1. The van der Waals surface area contributed by atoms with Crippen molar-refractivity contribution >= 4 is 22.7 Å². The van der Waals surface area contributed by atoms with Gasteiger partial charge in [0.05, 0.1) is 23.9 Å². The van der Waals surface area contributed by atoms with Crippen LogP contribution in [0.4, 0.5) is 0 Å². The number of ether oxygens (including phenoxy) is 1. The number of carbonyl (C=O) groups is 2. The van der Waals surface area contributed by atoms with Crippen LogP contribution in [0.1, 0.15) is 23.0 Å². The van der Waals surface area contributed by atoms with Crippen molar-refractivity contribution in [2.45, 2.75) is 19.9 Å². The Morgan fingerprint density at radius 3 is 2.67 bits per heavy atom. The zero-order chi connectivity index (χ0) is 15.6. The van der Waals surface area contributed by atoms with Gasteiger partial charge in [0.1, 0.15) is 11.8 Å². The minimum absolute atomic E-state index is 0.371. The molecule has 0 spiro atoms. The molecule has 0 aliphatic rings. The van der Waals surface area contributed by atoms with Crippen molar-refractivity contribution in [1.29, 1.82) is 0 Å². The highest BCUT2D eigenvalue weighted by molar-refractivity contribution is 6.00. The van der Waals surface area contributed by atoms with E-state index in [0.29, 0.717) is 17.0 Å². The highest BCUT2D eigenvalue weighted by Gasteiger charge is 2.16. The lowest BCUT2D eigenvalue weighted by Gasteiger charge is -2.12. The van der Waals surface area contributed by atoms with Crippen LogP contribution < -0.4 is 15.8 Å². The van der Waals surface area contributed by atoms with E-state index in [-0.39, 0.29) is 5.91 Å². The molecule has 110 valence electrons. The van der Waals surface area contributed by atoms with E-state index in [1.165, 1.54) is 6.92 Å². The van der Waals surface area contributed by atoms with Gasteiger partial charge in [0.15, 0.2) is 0 Å². The molecule has 1 atom stereocenters. The van der Waals surface area contributed by atoms with Gasteiger partial charge in [-0.25, -0.2) is 0 Å². The van der Waals surface area contributed by atoms with Crippen LogP contribution in [0.25, 0.3) is 10.9 Å². The lowest BCUT2D eigenvalue weighted by atomic mass is 10.1. The zero-order valence-electron chi connectivity index (χ0n) is 12.1. The fourth-order valence-electron chi connectivity index (χ4n) is 1.95. The van der Waals surface area contributed by atoms with E-state index in [9.17, 15) is 9.59 Å². The van der Waals surface area contributed by atoms with Crippen molar-refractivity contribution in [2.75, 3.05) is 7.11 Å². The third-order valence-corrected chi connectivity index (χ3v) is 3.23. The Labute approximate surface area is 122 Å². The second-order valence-electron chi connectivity index (χ2n) is 4.78. The molecule has 0 fully saturated rings. The van der Waals surface area contributed by atoms with E-state index >= 15 is 0 Å². The number of rotatable bonds is 4. The summed E-state index contributed by atoms with van der Waals surface area (Å²) in [6.07, 6.45) is 0. The van der Waals surface area contributed by atoms with Crippen molar-refractivity contribution in [3.8, 4) is 5.75 Å². The number of aromatic nitrogens is 1. The van der Waals surface area contributed by atoms with E-state index in [1.54, 1.807) is 32.2 Å². The summed E-state index contributed by atoms with van der Waals surface area (Å²) in [7, 11) is 1.58. The van der Waals surface area contributed by atoms with Gasteiger partial charge in [0.25, 0.3) is 5.91 Å². The van der Waals surface area contributed by atoms with E-state index in [1.807, 2.05) is 6.07 Å². The summed E-state index contributed by atoms with van der Waals surface area (Å²) in [5.41, 5.74) is 6.87. The lowest BCUT2D eigenvalue weighted by Crippen LogP contribution is -2.42. The molecule has 1 unspecified atom stereocenters. The third kappa shape index (κ3) is 3.10. The summed E-state index contributed by atoms with van der Waals surface area (Å²) < 4.78 is 5.15. The third-order valence-electron chi connectivity index (χ3n) is 3.23. The molecule has 0 aliphatic heterocycles. The van der Waals surface area contributed by atoms with Gasteiger partial charge < -0.3 is 15.8 Å². The number of aryl methyl sites for hydroxylation is 1. The van der Waals surface area contributed by atoms with Gasteiger partial charge in [-0.15, -0.1) is 0 Å². The molecule has 21 heavy (non-hydrogen) atoms. The Morgan fingerprint density at radius 1 is 1.33 bits per heavy atom. The van der Waals surface area contributed by atoms with Crippen molar-refractivity contribution in [1.82, 2.24) is 10.3 Å². The second kappa shape index (κ2) is 5.78. The molecule has 0 radical (unpaired) electrons. The molecule has 1 heterocycles. The maximum Gasteiger partial charge on any atom is 0.253 e. The molecule has 1 aromatic carbocycles. The summed E-state index contributed by atoms with van der Waals surface area (Å²) in [6, 6.07) is 6.43. The van der Waals surface area contributed by atoms with E-state index in [0.717, 1.165) is 10.9 Å². The normalized spacial score (nSPS) is 12.0. The van der Waals surface area contributed by atoms with Crippen molar-refractivity contribution in [2.24, 2.45) is 5.73 Å². The Kier molecular flexibility index (Phi) is 4.07. The number of nitrogens with two attached hydrogens (primary N) is 1. The van der Waals surface area contributed by atoms with E-state index in [4.69, 9.17) is 10.5 Å². The van der Waals surface area contributed by atoms with Crippen LogP contribution in [0.3, 0.4) is 0 Å². The topological polar surface area (TPSA) is 94.3 Å². The summed E-state index contributed by atoms with van der Waals surface area (Å²) in [6.45, 7) is 3.28. The monoisotopic (exact) mass is 287 g/mol. The first-order chi connectivity index (χ1) is 9.92. The standard InChI is InChI=1S/C15H17N3O3/c1-8-12(15(20)18-9(2)14(16)19)6-10-4-5-11(21-3)7-13(10)17-8/h4-7,9H,1-3H3,(H2,16,19)(H,18,20). The van der Waals surface area contributed by atoms with Crippen molar-refractivity contribution in [3.05, 3.63) is 35.5 Å². The number of carbonyl (C=O) groups excluding carboxylic acids is 2. The van der Waals surface area contributed by atoms with Crippen LogP contribution in [-0.4, -0.2) is 29.9 Å². The highest BCUT2D eigenvalue weighted by atomic mass is 16.5. The number of benzene rings is 1. The quantitative estimate of drug-likeness (QED) is 0.882. The average Bonchev–Trinajstić information content (AvgIpc) is 2.45. The fourth-order valence-corrected chi connectivity index (χ4v) is 1.95. The van der Waals surface area contributed by atoms with E-state index < -0.39 is 11.9 Å². The number of primary amides is 1. The average molecular weight is 287 g/mol. The number of fused-ring (bicyclic) bond motifs is 1. The number of nitrogens with zero attached hydrogens (tertiary/aromatic N) is 1. The first-order valence-corrected chi connectivity index (χ1v) is 6.48. The first-order valence-electron chi connectivity index (χ1n) is 6.48. The van der Waals surface area contributed by atoms with Gasteiger partial charge in [-0.2, -0.15) is 0 Å². The number of methoxy groups -OCH3 is 1. The SMILES string of the molecule is COc1ccc2cc(C(=O)NC(C)C(N)=O)c(C)nc2c1. The largest absolute Gasteiger partial charge is 0.497 e. The highest BCUT2D eigenvalue weighted by Crippen LogP contribution is 2.21. The van der Waals surface area contributed by atoms with Crippen LogP contribution in [0.2, 0.25) is 0 Å². The summed E-state index contributed by atoms with van der Waals surface area (Å²) in [5.74, 6) is -0.252. The predicted molar refractivity (Wildman–Crippen MR) is 79.2 cm³/mol. The molecule has 0 bridgehead atoms. The molecular formula is C15H17N3O3. The van der Waals surface area contributed by atoms with Gasteiger partial charge in [-0.05, 0) is 32.0 Å². The zero-order valence-corrected chi connectivity index (χ0v) is 12.1. The lowest BCUT2D eigenvalue weighted by molar-refractivity contribution is -0.119. The van der Waals surface area contributed by atoms with Crippen LogP contribution >= 0.6 is 0 Å². The second-order valence-corrected chi connectivity index (χ2v) is 4.78. The fraction of sp³-hybridized carbons (Fsp3) is 0.267. The predicted octanol–water partition coefficient (Wildman–Crippen LogP) is 1.16. The van der Waals surface area contributed by atoms with Crippen LogP contribution in [0.15, 0.2) is 24.3 Å². The van der Waals surface area contributed by atoms with Gasteiger partial charge in [-0.1, -0.05) is 0 Å². The van der Waals surface area contributed by atoms with Crippen LogP contribution in [-0.2, 0) is 4.79 Å². The molecule has 6 nitrogen and oxygen atoms in total. The Bertz CT molecular complexity index is 713. The smallest absolute Gasteiger partial charge is 0.253 e. The maximum atomic E-state index is 12.2.